The van der Waals surface area contributed by atoms with Gasteiger partial charge in [-0.3, -0.25) is 14.3 Å². The normalized spacial score (nSPS) is 30.9. The van der Waals surface area contributed by atoms with Gasteiger partial charge in [-0.1, -0.05) is 11.6 Å². The van der Waals surface area contributed by atoms with Gasteiger partial charge in [-0.15, -0.1) is 0 Å². The fraction of sp³-hybridized carbons (Fsp3) is 0.600. The Bertz CT molecular complexity index is 693. The van der Waals surface area contributed by atoms with Crippen LogP contribution < -0.4 is 11.2 Å². The highest BCUT2D eigenvalue weighted by Crippen LogP contribution is 2.50. The Kier molecular flexibility index (Phi) is 4.11. The van der Waals surface area contributed by atoms with E-state index in [4.69, 9.17) is 16.7 Å². The molecule has 1 aromatic rings. The van der Waals surface area contributed by atoms with Gasteiger partial charge in [-0.2, -0.15) is 8.78 Å². The molecule has 0 unspecified atom stereocenters. The third-order valence-electron chi connectivity index (χ3n) is 3.32. The third kappa shape index (κ3) is 2.16. The van der Waals surface area contributed by atoms with Crippen molar-refractivity contribution in [2.24, 2.45) is 0 Å². The maximum atomic E-state index is 13.9. The van der Waals surface area contributed by atoms with Gasteiger partial charge in [0.2, 0.25) is 5.60 Å². The molecule has 1 fully saturated rings. The molecule has 0 aliphatic carbocycles. The summed E-state index contributed by atoms with van der Waals surface area (Å²) in [5, 5.41) is 17.8. The summed E-state index contributed by atoms with van der Waals surface area (Å²) < 4.78 is 58.4. The van der Waals surface area contributed by atoms with Gasteiger partial charge < -0.3 is 14.9 Å². The zero-order chi connectivity index (χ0) is 16.9. The molecule has 0 amide bonds. The first-order valence-corrected chi connectivity index (χ1v) is 6.10. The number of nitrogens with one attached hydrogen (secondary N) is 1. The second-order valence-electron chi connectivity index (χ2n) is 4.57. The summed E-state index contributed by atoms with van der Waals surface area (Å²) in [6.07, 6.45) is -8.46. The third-order valence-corrected chi connectivity index (χ3v) is 3.59. The molecule has 1 aliphatic heterocycles. The van der Waals surface area contributed by atoms with E-state index in [1.54, 1.807) is 4.98 Å². The zero-order valence-electron chi connectivity index (χ0n) is 10.5. The quantitative estimate of drug-likeness (QED) is 0.651. The van der Waals surface area contributed by atoms with Crippen LogP contribution in [0.2, 0.25) is 5.02 Å². The molecule has 0 aromatic carbocycles. The number of alkyl halides is 4. The van der Waals surface area contributed by atoms with Gasteiger partial charge in [0.15, 0.2) is 12.3 Å². The van der Waals surface area contributed by atoms with Crippen molar-refractivity contribution < 1.29 is 32.5 Å². The van der Waals surface area contributed by atoms with Crippen molar-refractivity contribution in [3.8, 4) is 0 Å². The maximum Gasteiger partial charge on any atom is 0.330 e. The molecule has 2 rings (SSSR count). The van der Waals surface area contributed by atoms with Crippen LogP contribution in [0.5, 0.6) is 0 Å². The number of H-pyrrole nitrogens is 1. The number of aromatic amines is 1. The van der Waals surface area contributed by atoms with Crippen LogP contribution >= 0.6 is 11.6 Å². The average molecular weight is 349 g/mol. The molecule has 22 heavy (non-hydrogen) atoms. The highest BCUT2D eigenvalue weighted by molar-refractivity contribution is 6.30. The lowest BCUT2D eigenvalue weighted by molar-refractivity contribution is -0.244. The van der Waals surface area contributed by atoms with E-state index in [-0.39, 0.29) is 4.57 Å². The standard InChI is InChI=1S/C10H9ClF4N2O5/c11-3-1-17(8(21)16-5(3)20)6-4(19)10(14,15)9(2-18,22-6)7(12)13/h1,4,6-7,18-19H,2H2,(H,16,20,21)/t4-,6+,9-/m0/s1. The summed E-state index contributed by atoms with van der Waals surface area (Å²) >= 11 is 5.42. The molecule has 1 aromatic heterocycles. The second-order valence-corrected chi connectivity index (χ2v) is 4.98. The Morgan fingerprint density at radius 3 is 2.50 bits per heavy atom. The van der Waals surface area contributed by atoms with Crippen molar-refractivity contribution in [1.82, 2.24) is 9.55 Å². The molecule has 7 nitrogen and oxygen atoms in total. The monoisotopic (exact) mass is 348 g/mol. The van der Waals surface area contributed by atoms with Crippen LogP contribution in [-0.2, 0) is 4.74 Å². The predicted octanol–water partition coefficient (Wildman–Crippen LogP) is -0.289. The van der Waals surface area contributed by atoms with Crippen LogP contribution in [-0.4, -0.2) is 50.4 Å². The Morgan fingerprint density at radius 1 is 1.45 bits per heavy atom. The minimum Gasteiger partial charge on any atom is -0.393 e. The molecule has 0 spiro atoms. The van der Waals surface area contributed by atoms with Gasteiger partial charge in [0.05, 0.1) is 6.61 Å². The van der Waals surface area contributed by atoms with Crippen molar-refractivity contribution in [1.29, 1.82) is 0 Å². The molecule has 124 valence electrons. The molecular weight excluding hydrogens is 340 g/mol. The van der Waals surface area contributed by atoms with Gasteiger partial charge in [0.25, 0.3) is 12.0 Å². The minimum atomic E-state index is -4.57. The van der Waals surface area contributed by atoms with Crippen molar-refractivity contribution >= 4 is 11.6 Å². The van der Waals surface area contributed by atoms with E-state index < -0.39 is 53.2 Å². The summed E-state index contributed by atoms with van der Waals surface area (Å²) in [5.74, 6) is -4.57. The van der Waals surface area contributed by atoms with Crippen LogP contribution in [0.1, 0.15) is 6.23 Å². The topological polar surface area (TPSA) is 105 Å². The largest absolute Gasteiger partial charge is 0.393 e. The van der Waals surface area contributed by atoms with Gasteiger partial charge in [-0.05, 0) is 0 Å². The van der Waals surface area contributed by atoms with Crippen LogP contribution in [0.25, 0.3) is 0 Å². The number of hydrogen-bond donors (Lipinski definition) is 3. The molecule has 3 atom stereocenters. The highest BCUT2D eigenvalue weighted by atomic mass is 35.5. The summed E-state index contributed by atoms with van der Waals surface area (Å²) in [7, 11) is 0. The molecule has 1 saturated heterocycles. The first-order chi connectivity index (χ1) is 10.1. The lowest BCUT2D eigenvalue weighted by Gasteiger charge is -2.31. The second kappa shape index (κ2) is 5.33. The first kappa shape index (κ1) is 16.9. The van der Waals surface area contributed by atoms with Crippen molar-refractivity contribution in [2.75, 3.05) is 6.61 Å². The molecule has 0 bridgehead atoms. The number of rotatable bonds is 3. The summed E-state index contributed by atoms with van der Waals surface area (Å²) in [6, 6.07) is 0. The number of ether oxygens (including phenoxy) is 1. The lowest BCUT2D eigenvalue weighted by Crippen LogP contribution is -2.57. The first-order valence-electron chi connectivity index (χ1n) is 5.72. The Morgan fingerprint density at radius 2 is 2.05 bits per heavy atom. The smallest absolute Gasteiger partial charge is 0.330 e. The van der Waals surface area contributed by atoms with E-state index >= 15 is 0 Å². The molecule has 0 saturated carbocycles. The molecule has 2 heterocycles. The van der Waals surface area contributed by atoms with Gasteiger partial charge in [-0.25, -0.2) is 13.6 Å². The summed E-state index contributed by atoms with van der Waals surface area (Å²) in [6.45, 7) is -1.81. The zero-order valence-corrected chi connectivity index (χ0v) is 11.2. The Balaban J connectivity index is 2.58. The fourth-order valence-corrected chi connectivity index (χ4v) is 2.21. The van der Waals surface area contributed by atoms with E-state index in [0.717, 1.165) is 0 Å². The van der Waals surface area contributed by atoms with Crippen molar-refractivity contribution in [3.05, 3.63) is 32.1 Å². The van der Waals surface area contributed by atoms with Crippen molar-refractivity contribution in [2.45, 2.75) is 30.3 Å². The fourth-order valence-electron chi connectivity index (χ4n) is 2.06. The average Bonchev–Trinajstić information content (AvgIpc) is 2.63. The van der Waals surface area contributed by atoms with Crippen LogP contribution in [0, 0.1) is 0 Å². The van der Waals surface area contributed by atoms with Gasteiger partial charge in [0.1, 0.15) is 5.02 Å². The van der Waals surface area contributed by atoms with Crippen molar-refractivity contribution in [3.63, 3.8) is 0 Å². The van der Waals surface area contributed by atoms with Crippen LogP contribution in [0.15, 0.2) is 15.8 Å². The number of aromatic nitrogens is 2. The number of nitrogens with zero attached hydrogens (tertiary/aromatic N) is 1. The summed E-state index contributed by atoms with van der Waals surface area (Å²) in [4.78, 5) is 24.3. The highest BCUT2D eigenvalue weighted by Gasteiger charge is 2.73. The molecule has 3 N–H and O–H groups in total. The SMILES string of the molecule is O=c1[nH]c(=O)n([C@@H]2O[C@@](CO)(C(F)F)C(F)(F)[C@H]2O)cc1Cl. The number of aliphatic hydroxyl groups is 2. The van der Waals surface area contributed by atoms with E-state index in [1.165, 1.54) is 0 Å². The minimum absolute atomic E-state index is 0.238. The molecule has 0 radical (unpaired) electrons. The van der Waals surface area contributed by atoms with E-state index in [9.17, 15) is 32.3 Å². The van der Waals surface area contributed by atoms with E-state index in [0.29, 0.717) is 6.20 Å². The Labute approximate surface area is 123 Å². The number of hydrogen-bond acceptors (Lipinski definition) is 5. The lowest BCUT2D eigenvalue weighted by atomic mass is 9.95. The molecular formula is C10H9ClF4N2O5. The van der Waals surface area contributed by atoms with Gasteiger partial charge >= 0.3 is 11.6 Å². The molecule has 12 heteroatoms. The maximum absolute atomic E-state index is 13.9. The number of aliphatic hydroxyl groups excluding tert-OH is 2. The van der Waals surface area contributed by atoms with Crippen LogP contribution in [0.3, 0.4) is 0 Å². The van der Waals surface area contributed by atoms with E-state index in [2.05, 4.69) is 4.74 Å². The predicted molar refractivity (Wildman–Crippen MR) is 63.2 cm³/mol. The van der Waals surface area contributed by atoms with E-state index in [1.807, 2.05) is 0 Å². The summed E-state index contributed by atoms with van der Waals surface area (Å²) in [5.41, 5.74) is -6.04. The number of halogens is 5. The van der Waals surface area contributed by atoms with Gasteiger partial charge in [0, 0.05) is 6.20 Å². The molecule has 1 aliphatic rings. The Hall–Kier alpha value is -1.43. The van der Waals surface area contributed by atoms with Crippen LogP contribution in [0.4, 0.5) is 17.6 Å².